The molecule has 0 unspecified atom stereocenters. The first-order chi connectivity index (χ1) is 12.7. The predicted octanol–water partition coefficient (Wildman–Crippen LogP) is 2.25. The van der Waals surface area contributed by atoms with Crippen LogP contribution in [0.5, 0.6) is 0 Å². The van der Waals surface area contributed by atoms with Crippen LogP contribution in [0.4, 0.5) is 0 Å². The van der Waals surface area contributed by atoms with Gasteiger partial charge in [0.2, 0.25) is 0 Å². The van der Waals surface area contributed by atoms with Gasteiger partial charge < -0.3 is 25.0 Å². The molecule has 0 fully saturated rings. The molecule has 0 heterocycles. The zero-order valence-electron chi connectivity index (χ0n) is 16.9. The van der Waals surface area contributed by atoms with Crippen LogP contribution in [0, 0.1) is 0 Å². The molecular weight excluding hydrogens is 328 g/mol. The van der Waals surface area contributed by atoms with E-state index in [0.717, 1.165) is 51.8 Å². The molecule has 26 heavy (non-hydrogen) atoms. The van der Waals surface area contributed by atoms with E-state index in [2.05, 4.69) is 47.7 Å². The Morgan fingerprint density at radius 1 is 1.12 bits per heavy atom. The minimum absolute atomic E-state index is 0.637. The van der Waals surface area contributed by atoms with E-state index < -0.39 is 0 Å². The van der Waals surface area contributed by atoms with Gasteiger partial charge >= 0.3 is 0 Å². The van der Waals surface area contributed by atoms with Gasteiger partial charge in [-0.25, -0.2) is 4.99 Å². The maximum absolute atomic E-state index is 5.55. The van der Waals surface area contributed by atoms with Crippen LogP contribution in [0.25, 0.3) is 0 Å². The lowest BCUT2D eigenvalue weighted by Gasteiger charge is -2.18. The fourth-order valence-electron chi connectivity index (χ4n) is 2.53. The van der Waals surface area contributed by atoms with E-state index in [0.29, 0.717) is 13.2 Å². The van der Waals surface area contributed by atoms with Crippen LogP contribution >= 0.6 is 0 Å². The predicted molar refractivity (Wildman–Crippen MR) is 109 cm³/mol. The molecule has 0 aromatic heterocycles. The summed E-state index contributed by atoms with van der Waals surface area (Å²) < 4.78 is 10.6. The highest BCUT2D eigenvalue weighted by molar-refractivity contribution is 5.79. The third kappa shape index (κ3) is 9.75. The first kappa shape index (κ1) is 22.4. The Hall–Kier alpha value is -1.63. The second-order valence-electron chi connectivity index (χ2n) is 6.18. The van der Waals surface area contributed by atoms with Crippen molar-refractivity contribution in [3.05, 3.63) is 35.4 Å². The van der Waals surface area contributed by atoms with E-state index in [9.17, 15) is 0 Å². The van der Waals surface area contributed by atoms with Crippen molar-refractivity contribution >= 4 is 5.96 Å². The number of hydrogen-bond acceptors (Lipinski definition) is 4. The third-order valence-electron chi connectivity index (χ3n) is 4.01. The molecule has 0 amide bonds. The molecule has 6 nitrogen and oxygen atoms in total. The van der Waals surface area contributed by atoms with E-state index in [-0.39, 0.29) is 0 Å². The van der Waals surface area contributed by atoms with E-state index >= 15 is 0 Å². The highest BCUT2D eigenvalue weighted by Crippen LogP contribution is 2.11. The first-order valence-electron chi connectivity index (χ1n) is 9.55. The van der Waals surface area contributed by atoms with Crippen molar-refractivity contribution < 1.29 is 9.47 Å². The van der Waals surface area contributed by atoms with Crippen LogP contribution < -0.4 is 10.6 Å². The number of methoxy groups -OCH3 is 1. The summed E-state index contributed by atoms with van der Waals surface area (Å²) in [7, 11) is 3.87. The second-order valence-corrected chi connectivity index (χ2v) is 6.18. The Balaban J connectivity index is 2.50. The van der Waals surface area contributed by atoms with Crippen LogP contribution in [0.3, 0.4) is 0 Å². The van der Waals surface area contributed by atoms with Crippen molar-refractivity contribution in [1.82, 2.24) is 15.5 Å². The fourth-order valence-corrected chi connectivity index (χ4v) is 2.53. The summed E-state index contributed by atoms with van der Waals surface area (Å²) in [5, 5.41) is 6.72. The molecule has 2 N–H and O–H groups in total. The number of benzene rings is 1. The van der Waals surface area contributed by atoms with Gasteiger partial charge in [-0.05, 0) is 38.4 Å². The molecule has 0 aliphatic rings. The number of nitrogens with one attached hydrogen (secondary N) is 2. The molecule has 0 radical (unpaired) electrons. The Morgan fingerprint density at radius 3 is 2.58 bits per heavy atom. The minimum Gasteiger partial charge on any atom is -0.385 e. The Labute approximate surface area is 159 Å². The lowest BCUT2D eigenvalue weighted by molar-refractivity contribution is 0.133. The number of ether oxygens (including phenoxy) is 2. The molecule has 0 aliphatic carbocycles. The van der Waals surface area contributed by atoms with Crippen LogP contribution in [0.1, 0.15) is 31.4 Å². The van der Waals surface area contributed by atoms with Crippen LogP contribution in [0.2, 0.25) is 0 Å². The molecule has 148 valence electrons. The van der Waals surface area contributed by atoms with Crippen molar-refractivity contribution in [2.75, 3.05) is 53.6 Å². The molecule has 0 aliphatic heterocycles. The second kappa shape index (κ2) is 14.5. The van der Waals surface area contributed by atoms with Gasteiger partial charge in [0.25, 0.3) is 0 Å². The zero-order chi connectivity index (χ0) is 19.0. The maximum Gasteiger partial charge on any atom is 0.191 e. The number of nitrogens with zero attached hydrogens (tertiary/aromatic N) is 2. The van der Waals surface area contributed by atoms with Crippen molar-refractivity contribution in [2.24, 2.45) is 4.99 Å². The van der Waals surface area contributed by atoms with E-state index in [1.807, 2.05) is 13.0 Å². The standard InChI is InChI=1S/C20H36N4O2/c1-5-21-20(22-12-14-24(3)13-9-15-25-4)23-16-18-10-7-8-11-19(18)17-26-6-2/h7-8,10-11H,5-6,9,12-17H2,1-4H3,(H2,21,22,23). The molecule has 0 saturated heterocycles. The Kier molecular flexibility index (Phi) is 12.5. The molecule has 0 bridgehead atoms. The molecule has 0 spiro atoms. The summed E-state index contributed by atoms with van der Waals surface area (Å²) in [6.07, 6.45) is 1.05. The van der Waals surface area contributed by atoms with Gasteiger partial charge in [-0.3, -0.25) is 0 Å². The normalized spacial score (nSPS) is 11.8. The van der Waals surface area contributed by atoms with Gasteiger partial charge in [-0.1, -0.05) is 24.3 Å². The first-order valence-corrected chi connectivity index (χ1v) is 9.55. The summed E-state index contributed by atoms with van der Waals surface area (Å²) >= 11 is 0. The molecule has 0 saturated carbocycles. The average molecular weight is 365 g/mol. The number of hydrogen-bond donors (Lipinski definition) is 2. The van der Waals surface area contributed by atoms with E-state index in [1.54, 1.807) is 7.11 Å². The Morgan fingerprint density at radius 2 is 1.88 bits per heavy atom. The molecule has 0 atom stereocenters. The van der Waals surface area contributed by atoms with Crippen molar-refractivity contribution in [3.8, 4) is 0 Å². The van der Waals surface area contributed by atoms with E-state index in [4.69, 9.17) is 14.5 Å². The number of guanidine groups is 1. The summed E-state index contributed by atoms with van der Waals surface area (Å²) in [5.41, 5.74) is 2.40. The lowest BCUT2D eigenvalue weighted by atomic mass is 10.1. The highest BCUT2D eigenvalue weighted by atomic mass is 16.5. The highest BCUT2D eigenvalue weighted by Gasteiger charge is 2.03. The molecule has 6 heteroatoms. The monoisotopic (exact) mass is 364 g/mol. The quantitative estimate of drug-likeness (QED) is 0.319. The third-order valence-corrected chi connectivity index (χ3v) is 4.01. The fraction of sp³-hybridized carbons (Fsp3) is 0.650. The van der Waals surface area contributed by atoms with Crippen molar-refractivity contribution in [1.29, 1.82) is 0 Å². The van der Waals surface area contributed by atoms with Crippen LogP contribution in [-0.2, 0) is 22.6 Å². The van der Waals surface area contributed by atoms with Crippen LogP contribution in [-0.4, -0.2) is 64.4 Å². The van der Waals surface area contributed by atoms with Crippen molar-refractivity contribution in [2.45, 2.75) is 33.4 Å². The van der Waals surface area contributed by atoms with Gasteiger partial charge in [0.15, 0.2) is 5.96 Å². The van der Waals surface area contributed by atoms with Gasteiger partial charge in [-0.2, -0.15) is 0 Å². The summed E-state index contributed by atoms with van der Waals surface area (Å²) in [6.45, 7) is 10.6. The number of aliphatic imine (C=N–C) groups is 1. The van der Waals surface area contributed by atoms with Gasteiger partial charge in [0, 0.05) is 46.5 Å². The smallest absolute Gasteiger partial charge is 0.191 e. The lowest BCUT2D eigenvalue weighted by Crippen LogP contribution is -2.41. The van der Waals surface area contributed by atoms with E-state index in [1.165, 1.54) is 11.1 Å². The molecule has 1 rings (SSSR count). The summed E-state index contributed by atoms with van der Waals surface area (Å²) in [5.74, 6) is 0.851. The average Bonchev–Trinajstić information content (AvgIpc) is 2.65. The summed E-state index contributed by atoms with van der Waals surface area (Å²) in [4.78, 5) is 7.02. The molecule has 1 aromatic rings. The topological polar surface area (TPSA) is 58.1 Å². The van der Waals surface area contributed by atoms with Crippen LogP contribution in [0.15, 0.2) is 29.3 Å². The number of rotatable bonds is 13. The van der Waals surface area contributed by atoms with Gasteiger partial charge in [0.1, 0.15) is 0 Å². The van der Waals surface area contributed by atoms with Gasteiger partial charge in [-0.15, -0.1) is 0 Å². The minimum atomic E-state index is 0.637. The number of likely N-dealkylation sites (N-methyl/N-ethyl adjacent to an activating group) is 1. The van der Waals surface area contributed by atoms with Crippen molar-refractivity contribution in [3.63, 3.8) is 0 Å². The van der Waals surface area contributed by atoms with Gasteiger partial charge in [0.05, 0.1) is 13.2 Å². The zero-order valence-corrected chi connectivity index (χ0v) is 16.9. The molecule has 1 aromatic carbocycles. The molecular formula is C20H36N4O2. The SMILES string of the molecule is CCNC(=NCc1ccccc1COCC)NCCN(C)CCCOC. The summed E-state index contributed by atoms with van der Waals surface area (Å²) in [6, 6.07) is 8.32. The largest absolute Gasteiger partial charge is 0.385 e. The maximum atomic E-state index is 5.55. The Bertz CT molecular complexity index is 508.